The fourth-order valence-corrected chi connectivity index (χ4v) is 1.81. The lowest BCUT2D eigenvalue weighted by atomic mass is 10.1. The molecule has 0 heterocycles. The minimum atomic E-state index is -4.10. The van der Waals surface area contributed by atoms with Gasteiger partial charge in [0.1, 0.15) is 0 Å². The van der Waals surface area contributed by atoms with E-state index in [-0.39, 0.29) is 12.3 Å². The molecule has 0 atom stereocenters. The molecular formula is C10H14O3S. The van der Waals surface area contributed by atoms with Crippen LogP contribution in [-0.4, -0.2) is 13.0 Å². The standard InChI is InChI=1S/C9H10O3S.CH4/c1-2-5-8-6-3-4-7-9(8)13(10,11)12;/h2-4,6-7H,1,5H2,(H,10,11,12);1H4. The first-order valence-electron chi connectivity index (χ1n) is 3.72. The van der Waals surface area contributed by atoms with Gasteiger partial charge in [0.05, 0.1) is 4.90 Å². The highest BCUT2D eigenvalue weighted by Crippen LogP contribution is 2.15. The molecule has 3 nitrogen and oxygen atoms in total. The Balaban J connectivity index is 0.00000169. The molecule has 0 radical (unpaired) electrons. The molecule has 0 bridgehead atoms. The van der Waals surface area contributed by atoms with Crippen LogP contribution in [0.15, 0.2) is 41.8 Å². The van der Waals surface area contributed by atoms with Crippen molar-refractivity contribution in [1.29, 1.82) is 0 Å². The topological polar surface area (TPSA) is 54.4 Å². The van der Waals surface area contributed by atoms with Crippen LogP contribution in [0.5, 0.6) is 0 Å². The maximum Gasteiger partial charge on any atom is 0.294 e. The fraction of sp³-hybridized carbons (Fsp3) is 0.200. The molecule has 14 heavy (non-hydrogen) atoms. The lowest BCUT2D eigenvalue weighted by Gasteiger charge is -2.02. The largest absolute Gasteiger partial charge is 0.294 e. The van der Waals surface area contributed by atoms with Crippen molar-refractivity contribution in [2.75, 3.05) is 0 Å². The van der Waals surface area contributed by atoms with Gasteiger partial charge in [0.25, 0.3) is 10.1 Å². The van der Waals surface area contributed by atoms with E-state index >= 15 is 0 Å². The number of allylic oxidation sites excluding steroid dienone is 1. The van der Waals surface area contributed by atoms with E-state index in [1.807, 2.05) is 0 Å². The van der Waals surface area contributed by atoms with Gasteiger partial charge in [-0.15, -0.1) is 6.58 Å². The van der Waals surface area contributed by atoms with Gasteiger partial charge in [-0.1, -0.05) is 31.7 Å². The highest BCUT2D eigenvalue weighted by Gasteiger charge is 2.12. The first-order valence-corrected chi connectivity index (χ1v) is 5.16. The minimum absolute atomic E-state index is 0. The van der Waals surface area contributed by atoms with Crippen molar-refractivity contribution < 1.29 is 13.0 Å². The number of hydrogen-bond donors (Lipinski definition) is 1. The van der Waals surface area contributed by atoms with Gasteiger partial charge in [0.15, 0.2) is 0 Å². The summed E-state index contributed by atoms with van der Waals surface area (Å²) in [5.41, 5.74) is 0.556. The summed E-state index contributed by atoms with van der Waals surface area (Å²) in [6.45, 7) is 3.50. The average molecular weight is 214 g/mol. The van der Waals surface area contributed by atoms with Gasteiger partial charge in [-0.05, 0) is 18.1 Å². The third-order valence-corrected chi connectivity index (χ3v) is 2.57. The zero-order chi connectivity index (χ0) is 9.90. The molecule has 0 aliphatic carbocycles. The van der Waals surface area contributed by atoms with Crippen molar-refractivity contribution in [3.8, 4) is 0 Å². The van der Waals surface area contributed by atoms with E-state index in [4.69, 9.17) is 4.55 Å². The zero-order valence-electron chi connectivity index (χ0n) is 6.97. The minimum Gasteiger partial charge on any atom is -0.282 e. The third-order valence-electron chi connectivity index (χ3n) is 1.61. The number of rotatable bonds is 3. The fourth-order valence-electron chi connectivity index (χ4n) is 1.08. The van der Waals surface area contributed by atoms with Crippen molar-refractivity contribution in [2.45, 2.75) is 18.7 Å². The molecule has 0 aliphatic rings. The average Bonchev–Trinajstić information content (AvgIpc) is 2.04. The summed E-state index contributed by atoms with van der Waals surface area (Å²) in [6.07, 6.45) is 2.01. The lowest BCUT2D eigenvalue weighted by Crippen LogP contribution is -2.02. The summed E-state index contributed by atoms with van der Waals surface area (Å²) in [4.78, 5) is -0.0464. The summed E-state index contributed by atoms with van der Waals surface area (Å²) in [5.74, 6) is 0. The Kier molecular flexibility index (Phi) is 4.53. The quantitative estimate of drug-likeness (QED) is 0.620. The maximum atomic E-state index is 10.8. The lowest BCUT2D eigenvalue weighted by molar-refractivity contribution is 0.482. The van der Waals surface area contributed by atoms with Gasteiger partial charge in [-0.25, -0.2) is 0 Å². The van der Waals surface area contributed by atoms with Gasteiger partial charge < -0.3 is 0 Å². The summed E-state index contributed by atoms with van der Waals surface area (Å²) in [6, 6.07) is 6.29. The Bertz CT molecular complexity index is 407. The van der Waals surface area contributed by atoms with Crippen LogP contribution in [0.4, 0.5) is 0 Å². The normalized spacial score (nSPS) is 10.4. The molecule has 0 aromatic heterocycles. The van der Waals surface area contributed by atoms with E-state index in [2.05, 4.69) is 6.58 Å². The van der Waals surface area contributed by atoms with E-state index < -0.39 is 10.1 Å². The van der Waals surface area contributed by atoms with E-state index in [0.717, 1.165) is 0 Å². The molecule has 1 N–H and O–H groups in total. The number of benzene rings is 1. The monoisotopic (exact) mass is 214 g/mol. The first kappa shape index (κ1) is 12.9. The van der Waals surface area contributed by atoms with Crippen molar-refractivity contribution in [3.63, 3.8) is 0 Å². The molecule has 0 fully saturated rings. The van der Waals surface area contributed by atoms with E-state index in [1.165, 1.54) is 6.07 Å². The van der Waals surface area contributed by atoms with Crippen LogP contribution in [-0.2, 0) is 16.5 Å². The molecule has 1 rings (SSSR count). The van der Waals surface area contributed by atoms with Crippen LogP contribution < -0.4 is 0 Å². The predicted molar refractivity (Wildman–Crippen MR) is 56.9 cm³/mol. The molecule has 0 unspecified atom stereocenters. The van der Waals surface area contributed by atoms with Crippen LogP contribution >= 0.6 is 0 Å². The van der Waals surface area contributed by atoms with E-state index in [9.17, 15) is 8.42 Å². The highest BCUT2D eigenvalue weighted by atomic mass is 32.2. The van der Waals surface area contributed by atoms with Gasteiger partial charge in [0.2, 0.25) is 0 Å². The Morgan fingerprint density at radius 3 is 2.43 bits per heavy atom. The van der Waals surface area contributed by atoms with Crippen molar-refractivity contribution in [1.82, 2.24) is 0 Å². The maximum absolute atomic E-state index is 10.8. The first-order chi connectivity index (χ1) is 6.05. The summed E-state index contributed by atoms with van der Waals surface area (Å²) >= 11 is 0. The zero-order valence-corrected chi connectivity index (χ0v) is 7.79. The van der Waals surface area contributed by atoms with Crippen molar-refractivity contribution in [2.24, 2.45) is 0 Å². The Morgan fingerprint density at radius 1 is 1.36 bits per heavy atom. The van der Waals surface area contributed by atoms with Gasteiger partial charge in [-0.2, -0.15) is 8.42 Å². The molecule has 4 heteroatoms. The van der Waals surface area contributed by atoms with Crippen LogP contribution in [0, 0.1) is 0 Å². The molecule has 0 saturated carbocycles. The third kappa shape index (κ3) is 2.97. The van der Waals surface area contributed by atoms with Crippen LogP contribution in [0.1, 0.15) is 13.0 Å². The summed E-state index contributed by atoms with van der Waals surface area (Å²) < 4.78 is 30.5. The van der Waals surface area contributed by atoms with Crippen LogP contribution in [0.3, 0.4) is 0 Å². The Labute approximate surface area is 84.8 Å². The molecule has 0 saturated heterocycles. The Hall–Kier alpha value is -1.13. The molecule has 1 aromatic carbocycles. The van der Waals surface area contributed by atoms with Gasteiger partial charge >= 0.3 is 0 Å². The van der Waals surface area contributed by atoms with Crippen LogP contribution in [0.2, 0.25) is 0 Å². The molecule has 0 amide bonds. The Morgan fingerprint density at radius 2 is 1.93 bits per heavy atom. The van der Waals surface area contributed by atoms with E-state index in [0.29, 0.717) is 12.0 Å². The summed E-state index contributed by atoms with van der Waals surface area (Å²) in [5, 5.41) is 0. The van der Waals surface area contributed by atoms with E-state index in [1.54, 1.807) is 24.3 Å². The second kappa shape index (κ2) is 4.93. The summed E-state index contributed by atoms with van der Waals surface area (Å²) in [7, 11) is -4.10. The molecule has 0 spiro atoms. The number of hydrogen-bond acceptors (Lipinski definition) is 2. The second-order valence-electron chi connectivity index (χ2n) is 2.58. The van der Waals surface area contributed by atoms with Crippen molar-refractivity contribution in [3.05, 3.63) is 42.5 Å². The SMILES string of the molecule is C.C=CCc1ccccc1S(=O)(=O)O. The molecule has 1 aromatic rings. The highest BCUT2D eigenvalue weighted by molar-refractivity contribution is 7.85. The van der Waals surface area contributed by atoms with Gasteiger partial charge in [0, 0.05) is 0 Å². The molecule has 0 aliphatic heterocycles. The smallest absolute Gasteiger partial charge is 0.282 e. The molecular weight excluding hydrogens is 200 g/mol. The second-order valence-corrected chi connectivity index (χ2v) is 3.97. The van der Waals surface area contributed by atoms with Crippen molar-refractivity contribution >= 4 is 10.1 Å². The van der Waals surface area contributed by atoms with Crippen LogP contribution in [0.25, 0.3) is 0 Å². The van der Waals surface area contributed by atoms with Gasteiger partial charge in [-0.3, -0.25) is 4.55 Å². The molecule has 78 valence electrons. The predicted octanol–water partition coefficient (Wildman–Crippen LogP) is 2.30.